The molecule has 0 bridgehead atoms. The number of likely N-dealkylation sites (tertiary alicyclic amines) is 1. The SMILES string of the molecule is O=C(NC(Cc1ccccc1)C(=O)N1CCCCC1)c1cccc(Nc2ccccc2)c1. The highest BCUT2D eigenvalue weighted by Crippen LogP contribution is 2.18. The van der Waals surface area contributed by atoms with Gasteiger partial charge in [0.05, 0.1) is 0 Å². The Hall–Kier alpha value is -3.60. The molecule has 3 aromatic carbocycles. The van der Waals surface area contributed by atoms with Crippen LogP contribution in [0.15, 0.2) is 84.9 Å². The van der Waals surface area contributed by atoms with Gasteiger partial charge in [-0.2, -0.15) is 0 Å². The summed E-state index contributed by atoms with van der Waals surface area (Å²) in [4.78, 5) is 28.3. The van der Waals surface area contributed by atoms with Crippen molar-refractivity contribution in [2.75, 3.05) is 18.4 Å². The van der Waals surface area contributed by atoms with Crippen molar-refractivity contribution in [1.82, 2.24) is 10.2 Å². The fraction of sp³-hybridized carbons (Fsp3) is 0.259. The third-order valence-electron chi connectivity index (χ3n) is 5.74. The molecule has 0 aliphatic carbocycles. The summed E-state index contributed by atoms with van der Waals surface area (Å²) >= 11 is 0. The van der Waals surface area contributed by atoms with Crippen molar-refractivity contribution in [2.45, 2.75) is 31.7 Å². The van der Waals surface area contributed by atoms with Gasteiger partial charge >= 0.3 is 0 Å². The Kier molecular flexibility index (Phi) is 7.18. The molecule has 1 atom stereocenters. The first-order chi connectivity index (χ1) is 15.7. The number of carbonyl (C=O) groups is 2. The number of anilines is 2. The van der Waals surface area contributed by atoms with E-state index in [4.69, 9.17) is 0 Å². The van der Waals surface area contributed by atoms with Gasteiger partial charge in [-0.25, -0.2) is 0 Å². The summed E-state index contributed by atoms with van der Waals surface area (Å²) in [6.07, 6.45) is 3.67. The number of piperidine rings is 1. The third kappa shape index (κ3) is 5.76. The molecule has 164 valence electrons. The van der Waals surface area contributed by atoms with Gasteiger partial charge in [0, 0.05) is 36.4 Å². The molecule has 0 aromatic heterocycles. The lowest BCUT2D eigenvalue weighted by molar-refractivity contribution is -0.134. The summed E-state index contributed by atoms with van der Waals surface area (Å²) in [5, 5.41) is 6.32. The minimum atomic E-state index is -0.589. The van der Waals surface area contributed by atoms with E-state index in [1.54, 1.807) is 6.07 Å². The minimum absolute atomic E-state index is 0.000434. The van der Waals surface area contributed by atoms with Gasteiger partial charge in [0.2, 0.25) is 5.91 Å². The van der Waals surface area contributed by atoms with Crippen LogP contribution in [0.4, 0.5) is 11.4 Å². The predicted molar refractivity (Wildman–Crippen MR) is 128 cm³/mol. The second-order valence-electron chi connectivity index (χ2n) is 8.17. The van der Waals surface area contributed by atoms with E-state index in [2.05, 4.69) is 10.6 Å². The largest absolute Gasteiger partial charge is 0.356 e. The first-order valence-electron chi connectivity index (χ1n) is 11.2. The van der Waals surface area contributed by atoms with E-state index in [0.29, 0.717) is 12.0 Å². The fourth-order valence-corrected chi connectivity index (χ4v) is 4.05. The maximum atomic E-state index is 13.3. The molecule has 2 N–H and O–H groups in total. The molecular weight excluding hydrogens is 398 g/mol. The number of nitrogens with one attached hydrogen (secondary N) is 2. The first kappa shape index (κ1) is 21.6. The van der Waals surface area contributed by atoms with E-state index < -0.39 is 6.04 Å². The van der Waals surface area contributed by atoms with E-state index in [0.717, 1.165) is 49.3 Å². The lowest BCUT2D eigenvalue weighted by Crippen LogP contribution is -2.51. The quantitative estimate of drug-likeness (QED) is 0.570. The number of rotatable bonds is 7. The summed E-state index contributed by atoms with van der Waals surface area (Å²) in [5.74, 6) is -0.242. The zero-order valence-corrected chi connectivity index (χ0v) is 18.2. The second kappa shape index (κ2) is 10.6. The van der Waals surface area contributed by atoms with Crippen LogP contribution in [0.5, 0.6) is 0 Å². The van der Waals surface area contributed by atoms with Crippen LogP contribution in [0, 0.1) is 0 Å². The van der Waals surface area contributed by atoms with Crippen molar-refractivity contribution in [3.8, 4) is 0 Å². The summed E-state index contributed by atoms with van der Waals surface area (Å²) in [7, 11) is 0. The lowest BCUT2D eigenvalue weighted by atomic mass is 10.0. The molecule has 5 heteroatoms. The van der Waals surface area contributed by atoms with Crippen LogP contribution in [0.1, 0.15) is 35.2 Å². The lowest BCUT2D eigenvalue weighted by Gasteiger charge is -2.31. The average molecular weight is 428 g/mol. The van der Waals surface area contributed by atoms with Crippen LogP contribution in [0.3, 0.4) is 0 Å². The number of amides is 2. The number of benzene rings is 3. The van der Waals surface area contributed by atoms with Gasteiger partial charge in [-0.1, -0.05) is 54.6 Å². The molecule has 0 saturated carbocycles. The molecule has 1 heterocycles. The van der Waals surface area contributed by atoms with Crippen molar-refractivity contribution < 1.29 is 9.59 Å². The molecule has 3 aromatic rings. The van der Waals surface area contributed by atoms with Gasteiger partial charge in [0.1, 0.15) is 6.04 Å². The summed E-state index contributed by atoms with van der Waals surface area (Å²) < 4.78 is 0. The number of hydrogen-bond acceptors (Lipinski definition) is 3. The van der Waals surface area contributed by atoms with Crippen LogP contribution in [-0.2, 0) is 11.2 Å². The van der Waals surface area contributed by atoms with E-state index in [1.807, 2.05) is 83.8 Å². The molecule has 1 saturated heterocycles. The summed E-state index contributed by atoms with van der Waals surface area (Å²) in [6.45, 7) is 1.52. The third-order valence-corrected chi connectivity index (χ3v) is 5.74. The van der Waals surface area contributed by atoms with E-state index in [-0.39, 0.29) is 11.8 Å². The predicted octanol–water partition coefficient (Wildman–Crippen LogP) is 4.78. The molecule has 1 fully saturated rings. The number of carbonyl (C=O) groups excluding carboxylic acids is 2. The van der Waals surface area contributed by atoms with Gasteiger partial charge in [0.15, 0.2) is 0 Å². The van der Waals surface area contributed by atoms with Crippen LogP contribution in [0.2, 0.25) is 0 Å². The Morgan fingerprint density at radius 2 is 1.44 bits per heavy atom. The number of para-hydroxylation sites is 1. The van der Waals surface area contributed by atoms with E-state index in [9.17, 15) is 9.59 Å². The Morgan fingerprint density at radius 1 is 0.781 bits per heavy atom. The molecule has 1 aliphatic heterocycles. The molecule has 5 nitrogen and oxygen atoms in total. The van der Waals surface area contributed by atoms with Crippen LogP contribution >= 0.6 is 0 Å². The molecule has 32 heavy (non-hydrogen) atoms. The van der Waals surface area contributed by atoms with Gasteiger partial charge < -0.3 is 15.5 Å². The highest BCUT2D eigenvalue weighted by Gasteiger charge is 2.27. The van der Waals surface area contributed by atoms with Gasteiger partial charge in [-0.15, -0.1) is 0 Å². The zero-order chi connectivity index (χ0) is 22.2. The highest BCUT2D eigenvalue weighted by molar-refractivity contribution is 5.98. The summed E-state index contributed by atoms with van der Waals surface area (Å²) in [6, 6.07) is 26.4. The molecular formula is C27H29N3O2. The van der Waals surface area contributed by atoms with Crippen LogP contribution in [-0.4, -0.2) is 35.8 Å². The smallest absolute Gasteiger partial charge is 0.252 e. The van der Waals surface area contributed by atoms with Crippen molar-refractivity contribution in [2.24, 2.45) is 0 Å². The Bertz CT molecular complexity index is 1030. The van der Waals surface area contributed by atoms with Crippen LogP contribution < -0.4 is 10.6 Å². The molecule has 0 spiro atoms. The van der Waals surface area contributed by atoms with Crippen molar-refractivity contribution >= 4 is 23.2 Å². The second-order valence-corrected chi connectivity index (χ2v) is 8.17. The topological polar surface area (TPSA) is 61.4 Å². The standard InChI is InChI=1S/C27H29N3O2/c31-26(22-13-10-16-24(20-22)28-23-14-6-2-7-15-23)29-25(19-21-11-4-1-5-12-21)27(32)30-17-8-3-9-18-30/h1-2,4-7,10-16,20,25,28H,3,8-9,17-19H2,(H,29,31). The van der Waals surface area contributed by atoms with E-state index in [1.165, 1.54) is 0 Å². The minimum Gasteiger partial charge on any atom is -0.356 e. The molecule has 4 rings (SSSR count). The van der Waals surface area contributed by atoms with Crippen molar-refractivity contribution in [3.05, 3.63) is 96.1 Å². The molecule has 0 radical (unpaired) electrons. The molecule has 2 amide bonds. The van der Waals surface area contributed by atoms with Gasteiger partial charge in [0.25, 0.3) is 5.91 Å². The highest BCUT2D eigenvalue weighted by atomic mass is 16.2. The summed E-state index contributed by atoms with van der Waals surface area (Å²) in [5.41, 5.74) is 3.33. The van der Waals surface area contributed by atoms with Gasteiger partial charge in [-0.05, 0) is 55.2 Å². The van der Waals surface area contributed by atoms with Crippen LogP contribution in [0.25, 0.3) is 0 Å². The normalized spacial score (nSPS) is 14.4. The monoisotopic (exact) mass is 427 g/mol. The number of hydrogen-bond donors (Lipinski definition) is 2. The number of nitrogens with zero attached hydrogens (tertiary/aromatic N) is 1. The maximum absolute atomic E-state index is 13.3. The van der Waals surface area contributed by atoms with E-state index >= 15 is 0 Å². The Balaban J connectivity index is 1.50. The Morgan fingerprint density at radius 3 is 2.16 bits per heavy atom. The average Bonchev–Trinajstić information content (AvgIpc) is 2.85. The first-order valence-corrected chi connectivity index (χ1v) is 11.2. The molecule has 1 unspecified atom stereocenters. The Labute approximate surface area is 189 Å². The molecule has 1 aliphatic rings. The van der Waals surface area contributed by atoms with Crippen molar-refractivity contribution in [1.29, 1.82) is 0 Å². The van der Waals surface area contributed by atoms with Gasteiger partial charge in [-0.3, -0.25) is 9.59 Å². The maximum Gasteiger partial charge on any atom is 0.252 e. The van der Waals surface area contributed by atoms with Crippen molar-refractivity contribution in [3.63, 3.8) is 0 Å². The fourth-order valence-electron chi connectivity index (χ4n) is 4.05. The zero-order valence-electron chi connectivity index (χ0n) is 18.2.